The fourth-order valence-corrected chi connectivity index (χ4v) is 2.54. The van der Waals surface area contributed by atoms with Gasteiger partial charge in [-0.3, -0.25) is 0 Å². The summed E-state index contributed by atoms with van der Waals surface area (Å²) in [5, 5.41) is 8.99. The predicted octanol–water partition coefficient (Wildman–Crippen LogP) is 2.59. The van der Waals surface area contributed by atoms with E-state index in [1.807, 2.05) is 12.1 Å². The van der Waals surface area contributed by atoms with E-state index in [2.05, 4.69) is 23.9 Å². The summed E-state index contributed by atoms with van der Waals surface area (Å²) >= 11 is 0. The maximum Gasteiger partial charge on any atom is 0.128 e. The summed E-state index contributed by atoms with van der Waals surface area (Å²) in [7, 11) is 2.13. The fourth-order valence-electron chi connectivity index (χ4n) is 2.54. The van der Waals surface area contributed by atoms with E-state index in [-0.39, 0.29) is 6.61 Å². The molecule has 0 aromatic carbocycles. The quantitative estimate of drug-likeness (QED) is 0.873. The second-order valence-corrected chi connectivity index (χ2v) is 5.21. The van der Waals surface area contributed by atoms with Crippen molar-refractivity contribution in [2.75, 3.05) is 11.9 Å². The third kappa shape index (κ3) is 2.97. The molecule has 1 fully saturated rings. The Bertz CT molecular complexity index is 342. The number of hydrogen-bond acceptors (Lipinski definition) is 3. The Labute approximate surface area is 103 Å². The van der Waals surface area contributed by atoms with Crippen molar-refractivity contribution < 1.29 is 5.11 Å². The molecule has 1 N–H and O–H groups in total. The highest BCUT2D eigenvalue weighted by molar-refractivity contribution is 5.39. The van der Waals surface area contributed by atoms with Gasteiger partial charge in [-0.05, 0) is 43.2 Å². The standard InChI is InChI=1S/C14H22N2O/c1-11-3-6-13(7-4-11)16(2)14-8-5-12(10-17)9-15-14/h5,8-9,11,13,17H,3-4,6-7,10H2,1-2H3. The van der Waals surface area contributed by atoms with E-state index in [1.165, 1.54) is 25.7 Å². The van der Waals surface area contributed by atoms with Crippen LogP contribution in [0.4, 0.5) is 5.82 Å². The van der Waals surface area contributed by atoms with Gasteiger partial charge in [0.2, 0.25) is 0 Å². The highest BCUT2D eigenvalue weighted by atomic mass is 16.3. The summed E-state index contributed by atoms with van der Waals surface area (Å²) in [6, 6.07) is 4.58. The van der Waals surface area contributed by atoms with Crippen molar-refractivity contribution in [1.82, 2.24) is 4.98 Å². The molecular weight excluding hydrogens is 212 g/mol. The molecule has 2 rings (SSSR count). The Balaban J connectivity index is 2.00. The Morgan fingerprint density at radius 1 is 1.29 bits per heavy atom. The van der Waals surface area contributed by atoms with Crippen molar-refractivity contribution in [2.24, 2.45) is 5.92 Å². The zero-order valence-electron chi connectivity index (χ0n) is 10.8. The largest absolute Gasteiger partial charge is 0.392 e. The Morgan fingerprint density at radius 3 is 2.53 bits per heavy atom. The molecule has 17 heavy (non-hydrogen) atoms. The second kappa shape index (κ2) is 5.50. The molecule has 0 aliphatic heterocycles. The number of anilines is 1. The van der Waals surface area contributed by atoms with Gasteiger partial charge >= 0.3 is 0 Å². The molecule has 1 aliphatic rings. The van der Waals surface area contributed by atoms with Crippen molar-refractivity contribution in [3.05, 3.63) is 23.9 Å². The zero-order valence-corrected chi connectivity index (χ0v) is 10.8. The molecule has 1 aromatic rings. The van der Waals surface area contributed by atoms with E-state index >= 15 is 0 Å². The van der Waals surface area contributed by atoms with Gasteiger partial charge in [-0.15, -0.1) is 0 Å². The molecule has 0 spiro atoms. The van der Waals surface area contributed by atoms with Crippen LogP contribution in [0.1, 0.15) is 38.2 Å². The lowest BCUT2D eigenvalue weighted by Crippen LogP contribution is -2.35. The molecule has 0 unspecified atom stereocenters. The van der Waals surface area contributed by atoms with Crippen LogP contribution in [0.15, 0.2) is 18.3 Å². The zero-order chi connectivity index (χ0) is 12.3. The van der Waals surface area contributed by atoms with Crippen molar-refractivity contribution in [3.8, 4) is 0 Å². The number of pyridine rings is 1. The lowest BCUT2D eigenvalue weighted by Gasteiger charge is -2.34. The Hall–Kier alpha value is -1.09. The molecule has 1 saturated carbocycles. The van der Waals surface area contributed by atoms with E-state index in [4.69, 9.17) is 5.11 Å². The van der Waals surface area contributed by atoms with Gasteiger partial charge in [-0.1, -0.05) is 13.0 Å². The van der Waals surface area contributed by atoms with Crippen LogP contribution in [0, 0.1) is 5.92 Å². The first-order valence-electron chi connectivity index (χ1n) is 6.49. The van der Waals surface area contributed by atoms with Crippen LogP contribution in [0.25, 0.3) is 0 Å². The molecule has 0 atom stereocenters. The van der Waals surface area contributed by atoms with E-state index in [1.54, 1.807) is 6.20 Å². The normalized spacial score (nSPS) is 24.6. The van der Waals surface area contributed by atoms with E-state index in [0.717, 1.165) is 17.3 Å². The SMILES string of the molecule is CC1CCC(N(C)c2ccc(CO)cn2)CC1. The van der Waals surface area contributed by atoms with Crippen LogP contribution < -0.4 is 4.90 Å². The van der Waals surface area contributed by atoms with Gasteiger partial charge in [0.05, 0.1) is 6.61 Å². The van der Waals surface area contributed by atoms with Crippen LogP contribution in [-0.2, 0) is 6.61 Å². The second-order valence-electron chi connectivity index (χ2n) is 5.21. The number of aliphatic hydroxyl groups is 1. The van der Waals surface area contributed by atoms with Gasteiger partial charge in [0, 0.05) is 19.3 Å². The number of hydrogen-bond donors (Lipinski definition) is 1. The summed E-state index contributed by atoms with van der Waals surface area (Å²) in [5.74, 6) is 1.89. The molecule has 1 aliphatic carbocycles. The van der Waals surface area contributed by atoms with Crippen LogP contribution in [0.3, 0.4) is 0 Å². The minimum Gasteiger partial charge on any atom is -0.392 e. The maximum atomic E-state index is 8.99. The number of aromatic nitrogens is 1. The maximum absolute atomic E-state index is 8.99. The number of rotatable bonds is 3. The third-order valence-electron chi connectivity index (χ3n) is 3.89. The summed E-state index contributed by atoms with van der Waals surface area (Å²) in [6.45, 7) is 2.41. The molecule has 1 heterocycles. The van der Waals surface area contributed by atoms with Crippen LogP contribution in [0.2, 0.25) is 0 Å². The van der Waals surface area contributed by atoms with Crippen LogP contribution in [-0.4, -0.2) is 23.2 Å². The summed E-state index contributed by atoms with van der Waals surface area (Å²) < 4.78 is 0. The summed E-state index contributed by atoms with van der Waals surface area (Å²) in [6.07, 6.45) is 6.94. The van der Waals surface area contributed by atoms with E-state index in [9.17, 15) is 0 Å². The van der Waals surface area contributed by atoms with Gasteiger partial charge in [0.1, 0.15) is 5.82 Å². The Kier molecular flexibility index (Phi) is 4.00. The van der Waals surface area contributed by atoms with Gasteiger partial charge in [-0.25, -0.2) is 4.98 Å². The molecule has 0 amide bonds. The Morgan fingerprint density at radius 2 is 2.00 bits per heavy atom. The van der Waals surface area contributed by atoms with Crippen molar-refractivity contribution in [2.45, 2.75) is 45.3 Å². The first-order chi connectivity index (χ1) is 8.20. The van der Waals surface area contributed by atoms with Crippen LogP contribution >= 0.6 is 0 Å². The number of aliphatic hydroxyl groups excluding tert-OH is 1. The highest BCUT2D eigenvalue weighted by Gasteiger charge is 2.22. The average molecular weight is 234 g/mol. The summed E-state index contributed by atoms with van der Waals surface area (Å²) in [4.78, 5) is 6.69. The molecule has 0 saturated heterocycles. The van der Waals surface area contributed by atoms with E-state index < -0.39 is 0 Å². The molecule has 0 bridgehead atoms. The van der Waals surface area contributed by atoms with Crippen molar-refractivity contribution in [1.29, 1.82) is 0 Å². The van der Waals surface area contributed by atoms with Crippen molar-refractivity contribution >= 4 is 5.82 Å². The molecular formula is C14H22N2O. The average Bonchev–Trinajstić information content (AvgIpc) is 2.39. The lowest BCUT2D eigenvalue weighted by atomic mass is 9.87. The molecule has 3 heteroatoms. The fraction of sp³-hybridized carbons (Fsp3) is 0.643. The van der Waals surface area contributed by atoms with Gasteiger partial charge in [0.15, 0.2) is 0 Å². The molecule has 3 nitrogen and oxygen atoms in total. The van der Waals surface area contributed by atoms with Gasteiger partial charge < -0.3 is 10.0 Å². The monoisotopic (exact) mass is 234 g/mol. The topological polar surface area (TPSA) is 36.4 Å². The number of nitrogens with zero attached hydrogens (tertiary/aromatic N) is 2. The molecule has 1 aromatic heterocycles. The summed E-state index contributed by atoms with van der Waals surface area (Å²) in [5.41, 5.74) is 0.874. The molecule has 0 radical (unpaired) electrons. The van der Waals surface area contributed by atoms with Crippen LogP contribution in [0.5, 0.6) is 0 Å². The predicted molar refractivity (Wildman–Crippen MR) is 70.0 cm³/mol. The van der Waals surface area contributed by atoms with Gasteiger partial charge in [0.25, 0.3) is 0 Å². The first kappa shape index (κ1) is 12.4. The van der Waals surface area contributed by atoms with Crippen molar-refractivity contribution in [3.63, 3.8) is 0 Å². The van der Waals surface area contributed by atoms with Gasteiger partial charge in [-0.2, -0.15) is 0 Å². The van der Waals surface area contributed by atoms with E-state index in [0.29, 0.717) is 6.04 Å². The molecule has 94 valence electrons. The smallest absolute Gasteiger partial charge is 0.128 e. The highest BCUT2D eigenvalue weighted by Crippen LogP contribution is 2.28. The minimum absolute atomic E-state index is 0.0674. The lowest BCUT2D eigenvalue weighted by molar-refractivity contribution is 0.281. The third-order valence-corrected chi connectivity index (χ3v) is 3.89. The first-order valence-corrected chi connectivity index (χ1v) is 6.49. The minimum atomic E-state index is 0.0674.